The fourth-order valence-electron chi connectivity index (χ4n) is 2.16. The summed E-state index contributed by atoms with van der Waals surface area (Å²) in [5.41, 5.74) is 2.48. The van der Waals surface area contributed by atoms with Gasteiger partial charge < -0.3 is 14.7 Å². The fraction of sp³-hybridized carbons (Fsp3) is 0.571. The van der Waals surface area contributed by atoms with Gasteiger partial charge >= 0.3 is 0 Å². The number of anilines is 1. The van der Waals surface area contributed by atoms with Crippen LogP contribution < -0.4 is 4.90 Å². The number of aliphatic hydroxyl groups excluding tert-OH is 1. The standard InChI is InChI=1S/C14H22N2O2/c1-15(2)13-5-3-12(4-6-13)9-16-7-8-18-11-14(17)10-16/h3-6,14,17H,7-11H2,1-2H3. The normalized spacial score (nSPS) is 21.6. The van der Waals surface area contributed by atoms with Crippen LogP contribution in [0.4, 0.5) is 5.69 Å². The van der Waals surface area contributed by atoms with Crippen LogP contribution in [0, 0.1) is 0 Å². The molecule has 1 atom stereocenters. The SMILES string of the molecule is CN(C)c1ccc(CN2CCOCC(O)C2)cc1. The van der Waals surface area contributed by atoms with Crippen molar-refractivity contribution in [1.29, 1.82) is 0 Å². The highest BCUT2D eigenvalue weighted by Gasteiger charge is 2.16. The Bertz CT molecular complexity index is 365. The number of aliphatic hydroxyl groups is 1. The largest absolute Gasteiger partial charge is 0.389 e. The molecular weight excluding hydrogens is 228 g/mol. The van der Waals surface area contributed by atoms with Crippen LogP contribution in [0.2, 0.25) is 0 Å². The van der Waals surface area contributed by atoms with Crippen molar-refractivity contribution >= 4 is 5.69 Å². The summed E-state index contributed by atoms with van der Waals surface area (Å²) in [5.74, 6) is 0. The first kappa shape index (κ1) is 13.3. The van der Waals surface area contributed by atoms with Crippen molar-refractivity contribution in [2.75, 3.05) is 45.3 Å². The number of hydrogen-bond acceptors (Lipinski definition) is 4. The van der Waals surface area contributed by atoms with E-state index in [0.29, 0.717) is 19.8 Å². The van der Waals surface area contributed by atoms with Gasteiger partial charge in [-0.1, -0.05) is 12.1 Å². The molecule has 0 spiro atoms. The van der Waals surface area contributed by atoms with Crippen molar-refractivity contribution in [3.63, 3.8) is 0 Å². The second kappa shape index (κ2) is 6.18. The Morgan fingerprint density at radius 1 is 1.33 bits per heavy atom. The highest BCUT2D eigenvalue weighted by Crippen LogP contribution is 2.14. The van der Waals surface area contributed by atoms with Gasteiger partial charge in [-0.05, 0) is 17.7 Å². The van der Waals surface area contributed by atoms with Crippen molar-refractivity contribution in [3.8, 4) is 0 Å². The Labute approximate surface area is 109 Å². The van der Waals surface area contributed by atoms with Gasteiger partial charge in [-0.15, -0.1) is 0 Å². The average molecular weight is 250 g/mol. The maximum Gasteiger partial charge on any atom is 0.0900 e. The summed E-state index contributed by atoms with van der Waals surface area (Å²) in [6.45, 7) is 3.60. The predicted molar refractivity (Wildman–Crippen MR) is 72.9 cm³/mol. The van der Waals surface area contributed by atoms with E-state index in [9.17, 15) is 5.11 Å². The zero-order chi connectivity index (χ0) is 13.0. The minimum absolute atomic E-state index is 0.367. The van der Waals surface area contributed by atoms with E-state index < -0.39 is 0 Å². The number of hydrogen-bond donors (Lipinski definition) is 1. The molecule has 1 N–H and O–H groups in total. The zero-order valence-electron chi connectivity index (χ0n) is 11.2. The van der Waals surface area contributed by atoms with E-state index >= 15 is 0 Å². The molecule has 1 aliphatic rings. The molecule has 0 bridgehead atoms. The number of nitrogens with zero attached hydrogens (tertiary/aromatic N) is 2. The molecule has 0 aliphatic carbocycles. The number of rotatable bonds is 3. The van der Waals surface area contributed by atoms with Gasteiger partial charge in [-0.3, -0.25) is 4.90 Å². The Hall–Kier alpha value is -1.10. The van der Waals surface area contributed by atoms with Crippen LogP contribution in [0.5, 0.6) is 0 Å². The van der Waals surface area contributed by atoms with E-state index in [2.05, 4.69) is 34.1 Å². The van der Waals surface area contributed by atoms with Gasteiger partial charge in [0.05, 0.1) is 19.3 Å². The highest BCUT2D eigenvalue weighted by molar-refractivity contribution is 5.45. The van der Waals surface area contributed by atoms with Gasteiger partial charge in [0.15, 0.2) is 0 Å². The average Bonchev–Trinajstić information content (AvgIpc) is 2.54. The lowest BCUT2D eigenvalue weighted by Crippen LogP contribution is -2.32. The first-order valence-electron chi connectivity index (χ1n) is 6.39. The minimum Gasteiger partial charge on any atom is -0.389 e. The lowest BCUT2D eigenvalue weighted by Gasteiger charge is -2.21. The molecule has 2 rings (SSSR count). The van der Waals surface area contributed by atoms with Crippen LogP contribution in [0.3, 0.4) is 0 Å². The summed E-state index contributed by atoms with van der Waals surface area (Å²) >= 11 is 0. The molecule has 1 aliphatic heterocycles. The molecule has 0 aromatic heterocycles. The molecule has 1 unspecified atom stereocenters. The topological polar surface area (TPSA) is 35.9 Å². The molecule has 1 fully saturated rings. The predicted octanol–water partition coefficient (Wildman–Crippen LogP) is 0.946. The molecule has 4 heteroatoms. The second-order valence-corrected chi connectivity index (χ2v) is 5.02. The van der Waals surface area contributed by atoms with Crippen molar-refractivity contribution in [2.24, 2.45) is 0 Å². The van der Waals surface area contributed by atoms with Gasteiger partial charge in [0.25, 0.3) is 0 Å². The number of β-amino-alcohol motifs (C(OH)–C–C–N with tert-alkyl or cyclic N) is 1. The monoisotopic (exact) mass is 250 g/mol. The summed E-state index contributed by atoms with van der Waals surface area (Å²) in [7, 11) is 4.08. The fourth-order valence-corrected chi connectivity index (χ4v) is 2.16. The van der Waals surface area contributed by atoms with Gasteiger partial charge in [0.2, 0.25) is 0 Å². The number of ether oxygens (including phenoxy) is 1. The lowest BCUT2D eigenvalue weighted by molar-refractivity contribution is 0.0562. The molecule has 1 heterocycles. The van der Waals surface area contributed by atoms with E-state index in [1.54, 1.807) is 0 Å². The van der Waals surface area contributed by atoms with Crippen molar-refractivity contribution in [2.45, 2.75) is 12.6 Å². The van der Waals surface area contributed by atoms with Crippen molar-refractivity contribution in [1.82, 2.24) is 4.90 Å². The van der Waals surface area contributed by atoms with Crippen LogP contribution >= 0.6 is 0 Å². The summed E-state index contributed by atoms with van der Waals surface area (Å²) in [5, 5.41) is 9.68. The van der Waals surface area contributed by atoms with E-state index in [1.165, 1.54) is 11.3 Å². The lowest BCUT2D eigenvalue weighted by atomic mass is 10.2. The van der Waals surface area contributed by atoms with Crippen LogP contribution in [0.1, 0.15) is 5.56 Å². The van der Waals surface area contributed by atoms with Crippen molar-refractivity contribution < 1.29 is 9.84 Å². The molecule has 1 aromatic carbocycles. The number of benzene rings is 1. The third-order valence-corrected chi connectivity index (χ3v) is 3.19. The minimum atomic E-state index is -0.367. The maximum atomic E-state index is 9.68. The van der Waals surface area contributed by atoms with Gasteiger partial charge in [0, 0.05) is 39.4 Å². The second-order valence-electron chi connectivity index (χ2n) is 5.02. The van der Waals surface area contributed by atoms with E-state index in [4.69, 9.17) is 4.74 Å². The third kappa shape index (κ3) is 3.70. The van der Waals surface area contributed by atoms with Crippen LogP contribution in [0.25, 0.3) is 0 Å². The smallest absolute Gasteiger partial charge is 0.0900 e. The summed E-state index contributed by atoms with van der Waals surface area (Å²) in [6, 6.07) is 8.54. The Balaban J connectivity index is 1.95. The Kier molecular flexibility index (Phi) is 4.58. The zero-order valence-corrected chi connectivity index (χ0v) is 11.2. The summed E-state index contributed by atoms with van der Waals surface area (Å²) < 4.78 is 5.33. The van der Waals surface area contributed by atoms with Crippen LogP contribution in [0.15, 0.2) is 24.3 Å². The van der Waals surface area contributed by atoms with E-state index in [-0.39, 0.29) is 6.10 Å². The summed E-state index contributed by atoms with van der Waals surface area (Å²) in [6.07, 6.45) is -0.367. The molecule has 0 radical (unpaired) electrons. The van der Waals surface area contributed by atoms with E-state index in [1.807, 2.05) is 14.1 Å². The van der Waals surface area contributed by atoms with Crippen LogP contribution in [-0.4, -0.2) is 56.5 Å². The summed E-state index contributed by atoms with van der Waals surface area (Å²) in [4.78, 5) is 4.33. The molecule has 100 valence electrons. The Morgan fingerprint density at radius 2 is 2.06 bits per heavy atom. The quantitative estimate of drug-likeness (QED) is 0.866. The van der Waals surface area contributed by atoms with Gasteiger partial charge in [-0.2, -0.15) is 0 Å². The van der Waals surface area contributed by atoms with E-state index in [0.717, 1.165) is 13.1 Å². The first-order chi connectivity index (χ1) is 8.65. The molecule has 1 saturated heterocycles. The van der Waals surface area contributed by atoms with Crippen molar-refractivity contribution in [3.05, 3.63) is 29.8 Å². The molecule has 0 amide bonds. The van der Waals surface area contributed by atoms with Gasteiger partial charge in [-0.25, -0.2) is 0 Å². The molecule has 4 nitrogen and oxygen atoms in total. The first-order valence-corrected chi connectivity index (χ1v) is 6.39. The molecular formula is C14H22N2O2. The maximum absolute atomic E-state index is 9.68. The highest BCUT2D eigenvalue weighted by atomic mass is 16.5. The van der Waals surface area contributed by atoms with Crippen LogP contribution in [-0.2, 0) is 11.3 Å². The van der Waals surface area contributed by atoms with Gasteiger partial charge in [0.1, 0.15) is 0 Å². The third-order valence-electron chi connectivity index (χ3n) is 3.19. The molecule has 18 heavy (non-hydrogen) atoms. The Morgan fingerprint density at radius 3 is 2.72 bits per heavy atom. The molecule has 0 saturated carbocycles. The molecule has 1 aromatic rings.